The molecule has 8 heteroatoms. The summed E-state index contributed by atoms with van der Waals surface area (Å²) in [5.74, 6) is -2.35. The zero-order chi connectivity index (χ0) is 25.1. The average Bonchev–Trinajstić information content (AvgIpc) is 3.19. The molecule has 2 amide bonds. The average molecular weight is 489 g/mol. The maximum absolute atomic E-state index is 14.1. The number of unbranched alkanes of at least 4 members (excludes halogenated alkanes) is 4. The van der Waals surface area contributed by atoms with Crippen molar-refractivity contribution in [1.82, 2.24) is 9.80 Å². The van der Waals surface area contributed by atoms with E-state index in [9.17, 15) is 19.5 Å². The molecule has 5 atom stereocenters. The van der Waals surface area contributed by atoms with Crippen LogP contribution < -0.4 is 0 Å². The van der Waals surface area contributed by atoms with Gasteiger partial charge in [-0.05, 0) is 38.5 Å². The number of likely N-dealkylation sites (tertiary alicyclic amines) is 1. The summed E-state index contributed by atoms with van der Waals surface area (Å²) in [6.45, 7) is 5.94. The second-order valence-electron chi connectivity index (χ2n) is 10.2. The molecule has 0 bridgehead atoms. The molecule has 0 radical (unpaired) electrons. The second kappa shape index (κ2) is 10.8. The van der Waals surface area contributed by atoms with E-state index >= 15 is 0 Å². The fourth-order valence-corrected chi connectivity index (χ4v) is 6.34. The zero-order valence-electron chi connectivity index (χ0n) is 21.1. The van der Waals surface area contributed by atoms with Gasteiger partial charge in [0.1, 0.15) is 23.2 Å². The zero-order valence-corrected chi connectivity index (χ0v) is 21.1. The standard InChI is InChI=1S/C27H40N2O6/c1-3-5-8-15-28-16-12-14-27-20(21-25(33)34-19-11-7-13-26(21,4-2)35-27)23(31)29(22(27)24(28)32)17-9-6-10-18-30/h7,12-14,20-22,30H,3-6,8-11,15-19H2,1-2H3/t20-,21-,22?,26+,27-/m0/s1. The highest BCUT2D eigenvalue weighted by Gasteiger charge is 2.75. The molecule has 1 N–H and O–H groups in total. The van der Waals surface area contributed by atoms with Gasteiger partial charge in [-0.15, -0.1) is 0 Å². The van der Waals surface area contributed by atoms with Crippen LogP contribution in [0.3, 0.4) is 0 Å². The first-order valence-corrected chi connectivity index (χ1v) is 13.4. The molecule has 194 valence electrons. The second-order valence-corrected chi connectivity index (χ2v) is 10.2. The summed E-state index contributed by atoms with van der Waals surface area (Å²) in [5, 5.41) is 9.18. The van der Waals surface area contributed by atoms with Crippen LogP contribution >= 0.6 is 0 Å². The number of aliphatic hydroxyl groups excluding tert-OH is 1. The summed E-state index contributed by atoms with van der Waals surface area (Å²) in [5.41, 5.74) is -2.19. The predicted octanol–water partition coefficient (Wildman–Crippen LogP) is 2.60. The number of hydrogen-bond acceptors (Lipinski definition) is 6. The minimum Gasteiger partial charge on any atom is -0.465 e. The van der Waals surface area contributed by atoms with Gasteiger partial charge < -0.3 is 24.4 Å². The van der Waals surface area contributed by atoms with Gasteiger partial charge in [-0.2, -0.15) is 0 Å². The van der Waals surface area contributed by atoms with Gasteiger partial charge in [0.05, 0.1) is 12.5 Å². The molecule has 2 fully saturated rings. The van der Waals surface area contributed by atoms with E-state index in [1.54, 1.807) is 4.90 Å². The largest absolute Gasteiger partial charge is 0.465 e. The molecule has 8 nitrogen and oxygen atoms in total. The number of cyclic esters (lactones) is 1. The number of rotatable bonds is 10. The monoisotopic (exact) mass is 488 g/mol. The lowest BCUT2D eigenvalue weighted by atomic mass is 9.73. The van der Waals surface area contributed by atoms with Crippen molar-refractivity contribution in [2.75, 3.05) is 32.8 Å². The van der Waals surface area contributed by atoms with Crippen molar-refractivity contribution in [2.24, 2.45) is 11.8 Å². The molecule has 0 aliphatic carbocycles. The molecule has 4 aliphatic heterocycles. The first-order valence-electron chi connectivity index (χ1n) is 13.4. The van der Waals surface area contributed by atoms with Crippen LogP contribution in [-0.4, -0.2) is 82.8 Å². The third-order valence-electron chi connectivity index (χ3n) is 8.07. The van der Waals surface area contributed by atoms with Crippen LogP contribution in [0.15, 0.2) is 24.3 Å². The number of ether oxygens (including phenoxy) is 2. The highest BCUT2D eigenvalue weighted by atomic mass is 16.6. The van der Waals surface area contributed by atoms with Gasteiger partial charge in [-0.1, -0.05) is 51.0 Å². The molecule has 35 heavy (non-hydrogen) atoms. The Morgan fingerprint density at radius 1 is 0.971 bits per heavy atom. The van der Waals surface area contributed by atoms with E-state index in [-0.39, 0.29) is 25.0 Å². The number of fused-ring (bicyclic) bond motifs is 2. The molecule has 1 spiro atoms. The molecule has 1 unspecified atom stereocenters. The molecule has 2 saturated heterocycles. The summed E-state index contributed by atoms with van der Waals surface area (Å²) in [7, 11) is 0. The number of nitrogens with zero attached hydrogens (tertiary/aromatic N) is 2. The van der Waals surface area contributed by atoms with E-state index in [2.05, 4.69) is 6.92 Å². The summed E-state index contributed by atoms with van der Waals surface area (Å²) in [4.78, 5) is 44.9. The van der Waals surface area contributed by atoms with Crippen molar-refractivity contribution in [3.05, 3.63) is 24.3 Å². The van der Waals surface area contributed by atoms with Crippen molar-refractivity contribution < 1.29 is 29.0 Å². The van der Waals surface area contributed by atoms with Crippen LogP contribution in [0.5, 0.6) is 0 Å². The Kier molecular flexibility index (Phi) is 8.01. The van der Waals surface area contributed by atoms with Crippen molar-refractivity contribution in [3.8, 4) is 0 Å². The Morgan fingerprint density at radius 3 is 2.51 bits per heavy atom. The number of carbonyl (C=O) groups excluding carboxylic acids is 3. The summed E-state index contributed by atoms with van der Waals surface area (Å²) in [6, 6.07) is -0.813. The van der Waals surface area contributed by atoms with Gasteiger partial charge in [0.15, 0.2) is 0 Å². The van der Waals surface area contributed by atoms with Crippen LogP contribution in [0.1, 0.15) is 65.2 Å². The van der Waals surface area contributed by atoms with Crippen molar-refractivity contribution >= 4 is 17.8 Å². The first kappa shape index (κ1) is 25.9. The van der Waals surface area contributed by atoms with Gasteiger partial charge in [-0.3, -0.25) is 14.4 Å². The lowest BCUT2D eigenvalue weighted by molar-refractivity contribution is -0.161. The summed E-state index contributed by atoms with van der Waals surface area (Å²) in [6.07, 6.45) is 13.9. The quantitative estimate of drug-likeness (QED) is 0.289. The smallest absolute Gasteiger partial charge is 0.313 e. The number of carbonyl (C=O) groups is 3. The topological polar surface area (TPSA) is 96.4 Å². The SMILES string of the molecule is CCCCCN1CC=C[C@]23O[C@]4(CC)C=CCCOC(=O)[C@@H]4[C@H]2C(=O)N(CCCCCO)C3C1=O. The molecule has 0 saturated carbocycles. The number of esters is 1. The fraction of sp³-hybridized carbons (Fsp3) is 0.741. The van der Waals surface area contributed by atoms with Gasteiger partial charge in [0.25, 0.3) is 0 Å². The van der Waals surface area contributed by atoms with E-state index < -0.39 is 35.0 Å². The van der Waals surface area contributed by atoms with Crippen LogP contribution in [0, 0.1) is 11.8 Å². The predicted molar refractivity (Wildman–Crippen MR) is 130 cm³/mol. The van der Waals surface area contributed by atoms with Gasteiger partial charge >= 0.3 is 5.97 Å². The number of hydrogen-bond donors (Lipinski definition) is 1. The molecule has 0 aromatic heterocycles. The Hall–Kier alpha value is -2.19. The fourth-order valence-electron chi connectivity index (χ4n) is 6.34. The molecular formula is C27H40N2O6. The molecule has 4 rings (SSSR count). The van der Waals surface area contributed by atoms with Crippen LogP contribution in [0.2, 0.25) is 0 Å². The number of aliphatic hydroxyl groups is 1. The lowest BCUT2D eigenvalue weighted by Gasteiger charge is -2.38. The van der Waals surface area contributed by atoms with E-state index in [4.69, 9.17) is 9.47 Å². The summed E-state index contributed by atoms with van der Waals surface area (Å²) < 4.78 is 12.4. The van der Waals surface area contributed by atoms with E-state index in [0.717, 1.165) is 25.7 Å². The van der Waals surface area contributed by atoms with Gasteiger partial charge in [0.2, 0.25) is 11.8 Å². The summed E-state index contributed by atoms with van der Waals surface area (Å²) >= 11 is 0. The number of amides is 2. The Morgan fingerprint density at radius 2 is 1.77 bits per heavy atom. The minimum absolute atomic E-state index is 0.0964. The first-order chi connectivity index (χ1) is 17.0. The van der Waals surface area contributed by atoms with E-state index in [1.807, 2.05) is 36.1 Å². The molecule has 4 aliphatic rings. The normalized spacial score (nSPS) is 34.3. The van der Waals surface area contributed by atoms with Crippen molar-refractivity contribution in [1.29, 1.82) is 0 Å². The molecule has 0 aromatic rings. The maximum atomic E-state index is 14.1. The van der Waals surface area contributed by atoms with Crippen molar-refractivity contribution in [2.45, 2.75) is 82.5 Å². The Bertz CT molecular complexity index is 872. The highest BCUT2D eigenvalue weighted by molar-refractivity contribution is 5.99. The molecule has 0 aromatic carbocycles. The minimum atomic E-state index is -1.21. The Labute approximate surface area is 208 Å². The third-order valence-corrected chi connectivity index (χ3v) is 8.07. The van der Waals surface area contributed by atoms with Crippen LogP contribution in [-0.2, 0) is 23.9 Å². The van der Waals surface area contributed by atoms with E-state index in [1.165, 1.54) is 0 Å². The Balaban J connectivity index is 1.76. The van der Waals surface area contributed by atoms with Gasteiger partial charge in [0, 0.05) is 26.2 Å². The molecule has 4 heterocycles. The van der Waals surface area contributed by atoms with Crippen molar-refractivity contribution in [3.63, 3.8) is 0 Å². The lowest BCUT2D eigenvalue weighted by Crippen LogP contribution is -2.56. The van der Waals surface area contributed by atoms with Gasteiger partial charge in [-0.25, -0.2) is 0 Å². The molecular weight excluding hydrogens is 448 g/mol. The van der Waals surface area contributed by atoms with E-state index in [0.29, 0.717) is 45.3 Å². The highest BCUT2D eigenvalue weighted by Crippen LogP contribution is 2.58. The maximum Gasteiger partial charge on any atom is 0.313 e. The van der Waals surface area contributed by atoms with Crippen LogP contribution in [0.4, 0.5) is 0 Å². The van der Waals surface area contributed by atoms with Crippen LogP contribution in [0.25, 0.3) is 0 Å². The third kappa shape index (κ3) is 4.44.